The number of fused-ring (bicyclic) bond motifs is 1. The molecule has 0 saturated heterocycles. The van der Waals surface area contributed by atoms with Gasteiger partial charge >= 0.3 is 5.97 Å². The highest BCUT2D eigenvalue weighted by atomic mass is 35.5. The molecule has 1 amide bonds. The molecule has 0 radical (unpaired) electrons. The molecule has 1 aliphatic rings. The largest absolute Gasteiger partial charge is 0.475 e. The van der Waals surface area contributed by atoms with Crippen LogP contribution in [0.4, 0.5) is 5.69 Å². The number of benzene rings is 2. The average Bonchev–Trinajstić information content (AvgIpc) is 3.52. The predicted molar refractivity (Wildman–Crippen MR) is 145 cm³/mol. The van der Waals surface area contributed by atoms with Crippen molar-refractivity contribution in [3.63, 3.8) is 0 Å². The van der Waals surface area contributed by atoms with E-state index in [1.807, 2.05) is 0 Å². The van der Waals surface area contributed by atoms with E-state index in [1.165, 1.54) is 16.4 Å². The van der Waals surface area contributed by atoms with E-state index in [9.17, 15) is 23.1 Å². The fourth-order valence-corrected chi connectivity index (χ4v) is 6.41. The van der Waals surface area contributed by atoms with Gasteiger partial charge in [0.15, 0.2) is 0 Å². The van der Waals surface area contributed by atoms with Crippen molar-refractivity contribution in [3.05, 3.63) is 82.5 Å². The number of aromatic carboxylic acids is 1. The summed E-state index contributed by atoms with van der Waals surface area (Å²) in [5.74, 6) is -0.906. The highest BCUT2D eigenvalue weighted by Gasteiger charge is 2.35. The number of anilines is 1. The molecule has 204 valence electrons. The zero-order valence-corrected chi connectivity index (χ0v) is 23.0. The Labute approximate surface area is 230 Å². The zero-order chi connectivity index (χ0) is 27.9. The van der Waals surface area contributed by atoms with Crippen molar-refractivity contribution in [2.45, 2.75) is 44.7 Å². The number of aryl methyl sites for hydroxylation is 1. The van der Waals surface area contributed by atoms with E-state index in [2.05, 4.69) is 0 Å². The Kier molecular flexibility index (Phi) is 7.17. The van der Waals surface area contributed by atoms with E-state index in [1.54, 1.807) is 61.4 Å². The van der Waals surface area contributed by atoms with Crippen LogP contribution in [0.15, 0.2) is 68.5 Å². The molecule has 1 N–H and O–H groups in total. The molecule has 5 rings (SSSR count). The van der Waals surface area contributed by atoms with Crippen LogP contribution in [0.1, 0.15) is 47.2 Å². The van der Waals surface area contributed by atoms with Crippen LogP contribution >= 0.6 is 11.6 Å². The lowest BCUT2D eigenvalue weighted by molar-refractivity contribution is -0.134. The summed E-state index contributed by atoms with van der Waals surface area (Å²) in [4.78, 5) is 26.3. The lowest BCUT2D eigenvalue weighted by atomic mass is 10.1. The molecule has 9 nitrogen and oxygen atoms in total. The first-order valence-electron chi connectivity index (χ1n) is 12.5. The molecule has 39 heavy (non-hydrogen) atoms. The minimum Gasteiger partial charge on any atom is -0.475 e. The summed E-state index contributed by atoms with van der Waals surface area (Å²) in [6.07, 6.45) is 3.19. The number of sulfonamides is 1. The highest BCUT2D eigenvalue weighted by molar-refractivity contribution is 7.92. The second-order valence-electron chi connectivity index (χ2n) is 9.51. The Hall–Kier alpha value is -3.76. The standard InChI is InChI=1S/C28H27ClN2O7S/c1-3-31(39(35,36)22-9-10-23-17(2)26(28(33)34)38-25(23)14-22)24-11-8-20(29)13-19(24)15-30(27(32)18-6-7-18)16-21-5-4-12-37-21/h4-5,8-14,18H,3,6-7,15-16H2,1-2H3,(H,33,34). The van der Waals surface area contributed by atoms with Crippen LogP contribution in [0.2, 0.25) is 5.02 Å². The Morgan fingerprint density at radius 3 is 2.51 bits per heavy atom. The van der Waals surface area contributed by atoms with Gasteiger partial charge in [-0.1, -0.05) is 11.6 Å². The molecule has 1 fully saturated rings. The third kappa shape index (κ3) is 5.26. The summed E-state index contributed by atoms with van der Waals surface area (Å²) in [6, 6.07) is 12.8. The topological polar surface area (TPSA) is 121 Å². The number of hydrogen-bond acceptors (Lipinski definition) is 6. The lowest BCUT2D eigenvalue weighted by Gasteiger charge is -2.28. The van der Waals surface area contributed by atoms with Crippen LogP contribution in [-0.4, -0.2) is 36.8 Å². The van der Waals surface area contributed by atoms with Crippen molar-refractivity contribution in [1.29, 1.82) is 0 Å². The number of carbonyl (C=O) groups is 2. The smallest absolute Gasteiger partial charge is 0.372 e. The number of nitrogens with zero attached hydrogens (tertiary/aromatic N) is 2. The molecule has 2 heterocycles. The quantitative estimate of drug-likeness (QED) is 0.254. The van der Waals surface area contributed by atoms with Crippen molar-refractivity contribution in [1.82, 2.24) is 4.90 Å². The number of rotatable bonds is 10. The number of carbonyl (C=O) groups excluding carboxylic acids is 1. The molecule has 0 unspecified atom stereocenters. The Morgan fingerprint density at radius 2 is 1.87 bits per heavy atom. The first-order valence-corrected chi connectivity index (χ1v) is 14.3. The van der Waals surface area contributed by atoms with Crippen LogP contribution in [-0.2, 0) is 27.9 Å². The molecule has 0 aliphatic heterocycles. The second kappa shape index (κ2) is 10.4. The average molecular weight is 571 g/mol. The Balaban J connectivity index is 1.53. The van der Waals surface area contributed by atoms with Gasteiger partial charge in [0, 0.05) is 41.0 Å². The summed E-state index contributed by atoms with van der Waals surface area (Å²) < 4.78 is 40.0. The van der Waals surface area contributed by atoms with Gasteiger partial charge in [-0.05, 0) is 74.7 Å². The molecule has 11 heteroatoms. The van der Waals surface area contributed by atoms with Gasteiger partial charge in [0.2, 0.25) is 11.7 Å². The first kappa shape index (κ1) is 26.8. The zero-order valence-electron chi connectivity index (χ0n) is 21.4. The summed E-state index contributed by atoms with van der Waals surface area (Å²) in [5, 5.41) is 10.3. The molecule has 1 saturated carbocycles. The number of hydrogen-bond donors (Lipinski definition) is 1. The number of amides is 1. The van der Waals surface area contributed by atoms with Crippen molar-refractivity contribution in [2.24, 2.45) is 5.92 Å². The lowest BCUT2D eigenvalue weighted by Crippen LogP contribution is -2.34. The van der Waals surface area contributed by atoms with E-state index < -0.39 is 16.0 Å². The van der Waals surface area contributed by atoms with Crippen molar-refractivity contribution in [2.75, 3.05) is 10.8 Å². The van der Waals surface area contributed by atoms with Crippen LogP contribution in [0.5, 0.6) is 0 Å². The third-order valence-corrected chi connectivity index (χ3v) is 8.94. The van der Waals surface area contributed by atoms with E-state index in [0.29, 0.717) is 33.0 Å². The van der Waals surface area contributed by atoms with Gasteiger partial charge in [0.1, 0.15) is 11.3 Å². The van der Waals surface area contributed by atoms with E-state index in [0.717, 1.165) is 12.8 Å². The van der Waals surface area contributed by atoms with Gasteiger partial charge < -0.3 is 18.8 Å². The fraction of sp³-hybridized carbons (Fsp3) is 0.286. The molecular weight excluding hydrogens is 544 g/mol. The number of halogens is 1. The monoisotopic (exact) mass is 570 g/mol. The van der Waals surface area contributed by atoms with E-state index in [4.69, 9.17) is 20.4 Å². The molecule has 4 aromatic rings. The molecule has 0 spiro atoms. The first-order chi connectivity index (χ1) is 18.6. The highest BCUT2D eigenvalue weighted by Crippen LogP contribution is 2.35. The molecular formula is C28H27ClN2O7S. The summed E-state index contributed by atoms with van der Waals surface area (Å²) in [5.41, 5.74) is 1.54. The fourth-order valence-electron chi connectivity index (χ4n) is 4.69. The van der Waals surface area contributed by atoms with Gasteiger partial charge in [0.25, 0.3) is 10.0 Å². The molecule has 1 aliphatic carbocycles. The van der Waals surface area contributed by atoms with Crippen molar-refractivity contribution < 1.29 is 31.9 Å². The minimum absolute atomic E-state index is 0.0175. The summed E-state index contributed by atoms with van der Waals surface area (Å²) in [6.45, 7) is 3.80. The summed E-state index contributed by atoms with van der Waals surface area (Å²) >= 11 is 6.33. The SMILES string of the molecule is CCN(c1ccc(Cl)cc1CN(Cc1ccco1)C(=O)C1CC1)S(=O)(=O)c1ccc2c(C)c(C(=O)O)oc2c1. The van der Waals surface area contributed by atoms with Gasteiger partial charge in [-0.2, -0.15) is 0 Å². The maximum absolute atomic E-state index is 13.9. The van der Waals surface area contributed by atoms with Crippen molar-refractivity contribution >= 4 is 50.2 Å². The maximum Gasteiger partial charge on any atom is 0.372 e. The van der Waals surface area contributed by atoms with Crippen LogP contribution < -0.4 is 4.31 Å². The van der Waals surface area contributed by atoms with Gasteiger partial charge in [-0.3, -0.25) is 9.10 Å². The molecule has 2 aromatic heterocycles. The summed E-state index contributed by atoms with van der Waals surface area (Å²) in [7, 11) is -4.10. The van der Waals surface area contributed by atoms with E-state index in [-0.39, 0.29) is 47.7 Å². The molecule has 2 aromatic carbocycles. The van der Waals surface area contributed by atoms with Crippen LogP contribution in [0.3, 0.4) is 0 Å². The third-order valence-electron chi connectivity index (χ3n) is 6.82. The van der Waals surface area contributed by atoms with Gasteiger partial charge in [0.05, 0.1) is 23.4 Å². The molecule has 0 atom stereocenters. The number of carboxylic acids is 1. The van der Waals surface area contributed by atoms with Gasteiger partial charge in [-0.25, -0.2) is 13.2 Å². The normalized spacial score (nSPS) is 13.5. The van der Waals surface area contributed by atoms with Crippen LogP contribution in [0, 0.1) is 12.8 Å². The second-order valence-corrected chi connectivity index (χ2v) is 11.8. The predicted octanol–water partition coefficient (Wildman–Crippen LogP) is 5.84. The van der Waals surface area contributed by atoms with Crippen LogP contribution in [0.25, 0.3) is 11.0 Å². The Bertz CT molecular complexity index is 1660. The Morgan fingerprint density at radius 1 is 1.10 bits per heavy atom. The number of furan rings is 2. The minimum atomic E-state index is -4.10. The van der Waals surface area contributed by atoms with Gasteiger partial charge in [-0.15, -0.1) is 0 Å². The maximum atomic E-state index is 13.9. The molecule has 0 bridgehead atoms. The van der Waals surface area contributed by atoms with E-state index >= 15 is 0 Å². The number of carboxylic acid groups (broad SMARTS) is 1. The van der Waals surface area contributed by atoms with Crippen molar-refractivity contribution in [3.8, 4) is 0 Å².